The molecule has 0 amide bonds. The third-order valence-electron chi connectivity index (χ3n) is 2.64. The van der Waals surface area contributed by atoms with Gasteiger partial charge in [0.1, 0.15) is 4.64 Å². The molecule has 112 valence electrons. The molecule has 8 heteroatoms. The van der Waals surface area contributed by atoms with Crippen LogP contribution >= 0.6 is 24.4 Å². The molecule has 0 saturated heterocycles. The van der Waals surface area contributed by atoms with Crippen molar-refractivity contribution in [1.82, 2.24) is 9.55 Å². The molecule has 0 bridgehead atoms. The lowest BCUT2D eigenvalue weighted by molar-refractivity contribution is 0.311. The van der Waals surface area contributed by atoms with Crippen molar-refractivity contribution < 1.29 is 12.6 Å². The average Bonchev–Trinajstić information content (AvgIpc) is 2.40. The molecule has 0 aliphatic carbocycles. The molecule has 20 heavy (non-hydrogen) atoms. The summed E-state index contributed by atoms with van der Waals surface area (Å²) in [5.41, 5.74) is 0. The monoisotopic (exact) mass is 334 g/mol. The number of aromatic amines is 1. The Bertz CT molecular complexity index is 646. The summed E-state index contributed by atoms with van der Waals surface area (Å²) >= 11 is 10.1. The Morgan fingerprint density at radius 1 is 1.30 bits per heavy atom. The van der Waals surface area contributed by atoms with Crippen LogP contribution in [0.5, 0.6) is 0 Å². The van der Waals surface area contributed by atoms with E-state index in [1.165, 1.54) is 0 Å². The fourth-order valence-electron chi connectivity index (χ4n) is 1.58. The smallest absolute Gasteiger partial charge is 0.289 e. The first-order valence-electron chi connectivity index (χ1n) is 6.26. The lowest BCUT2D eigenvalue weighted by Crippen LogP contribution is -2.04. The van der Waals surface area contributed by atoms with Crippen molar-refractivity contribution in [1.29, 1.82) is 0 Å². The van der Waals surface area contributed by atoms with Gasteiger partial charge in [-0.3, -0.25) is 4.18 Å². The minimum absolute atomic E-state index is 0.201. The Morgan fingerprint density at radius 2 is 2.00 bits per heavy atom. The Hall–Kier alpha value is -0.830. The molecule has 0 aromatic carbocycles. The van der Waals surface area contributed by atoms with E-state index in [-0.39, 0.29) is 6.61 Å². The highest BCUT2D eigenvalue weighted by Crippen LogP contribution is 2.05. The summed E-state index contributed by atoms with van der Waals surface area (Å²) in [7, 11) is -3.53. The van der Waals surface area contributed by atoms with Gasteiger partial charge in [-0.25, -0.2) is 0 Å². The fourth-order valence-corrected chi connectivity index (χ4v) is 2.51. The number of hydrogen-bond donors (Lipinski definition) is 1. The quantitative estimate of drug-likeness (QED) is 0.426. The second-order valence-electron chi connectivity index (χ2n) is 4.20. The normalized spacial score (nSPS) is 11.4. The number of unbranched alkanes of at least 4 members (excludes halogenated alkanes) is 3. The predicted molar refractivity (Wildman–Crippen MR) is 84.0 cm³/mol. The number of aryl methyl sites for hydroxylation is 1. The molecule has 0 spiro atoms. The van der Waals surface area contributed by atoms with Crippen molar-refractivity contribution in [3.63, 3.8) is 0 Å². The number of nitrogens with zero attached hydrogens (tertiary/aromatic N) is 1. The Morgan fingerprint density at radius 3 is 2.65 bits per heavy atom. The number of aromatic nitrogens is 2. The maximum absolute atomic E-state index is 11.0. The van der Waals surface area contributed by atoms with E-state index in [1.54, 1.807) is 6.07 Å². The van der Waals surface area contributed by atoms with Gasteiger partial charge < -0.3 is 9.55 Å². The topological polar surface area (TPSA) is 64.1 Å². The van der Waals surface area contributed by atoms with E-state index in [2.05, 4.69) is 11.6 Å². The van der Waals surface area contributed by atoms with Crippen LogP contribution in [0.1, 0.15) is 25.7 Å². The zero-order chi connectivity index (χ0) is 15.0. The Balaban J connectivity index is 2.18. The summed E-state index contributed by atoms with van der Waals surface area (Å²) in [6.07, 6.45) is 5.43. The molecule has 1 N–H and O–H groups in total. The molecule has 0 radical (unpaired) electrons. The van der Waals surface area contributed by atoms with Crippen LogP contribution < -0.4 is 0 Å². The van der Waals surface area contributed by atoms with Gasteiger partial charge >= 0.3 is 0 Å². The summed E-state index contributed by atoms with van der Waals surface area (Å²) in [6, 6.07) is 1.80. The number of rotatable bonds is 9. The predicted octanol–water partition coefficient (Wildman–Crippen LogP) is 3.33. The van der Waals surface area contributed by atoms with Crippen molar-refractivity contribution in [3.05, 3.63) is 33.7 Å². The highest BCUT2D eigenvalue weighted by molar-refractivity contribution is 7.89. The van der Waals surface area contributed by atoms with Gasteiger partial charge in [0.15, 0.2) is 4.77 Å². The molecule has 0 saturated carbocycles. The van der Waals surface area contributed by atoms with E-state index < -0.39 is 10.1 Å². The van der Waals surface area contributed by atoms with Gasteiger partial charge in [-0.1, -0.05) is 31.6 Å². The van der Waals surface area contributed by atoms with Crippen LogP contribution in [0.25, 0.3) is 0 Å². The maximum Gasteiger partial charge on any atom is 0.289 e. The molecule has 1 aromatic heterocycles. The fraction of sp³-hybridized carbons (Fsp3) is 0.500. The third-order valence-corrected chi connectivity index (χ3v) is 4.12. The molecular formula is C12H18N2O3S3. The van der Waals surface area contributed by atoms with Crippen LogP contribution in [-0.2, 0) is 20.8 Å². The van der Waals surface area contributed by atoms with Gasteiger partial charge in [-0.05, 0) is 31.1 Å². The van der Waals surface area contributed by atoms with E-state index in [0.717, 1.165) is 31.2 Å². The summed E-state index contributed by atoms with van der Waals surface area (Å²) < 4.78 is 29.8. The largest absolute Gasteiger partial charge is 0.325 e. The van der Waals surface area contributed by atoms with E-state index in [1.807, 2.05) is 10.8 Å². The standard InChI is InChI=1S/C12H18N2O3S3/c1-2-20(15,16)17-10-6-4-3-5-8-14-9-7-11(18)13-12(14)19/h2,7,9H,1,3-6,8,10H2,(H,13,18,19). The number of H-pyrrole nitrogens is 1. The lowest BCUT2D eigenvalue weighted by atomic mass is 10.2. The molecule has 5 nitrogen and oxygen atoms in total. The Kier molecular flexibility index (Phi) is 7.28. The molecule has 1 aromatic rings. The average molecular weight is 334 g/mol. The molecule has 0 fully saturated rings. The van der Waals surface area contributed by atoms with Crippen LogP contribution in [0.15, 0.2) is 24.3 Å². The Labute approximate surface area is 129 Å². The van der Waals surface area contributed by atoms with Gasteiger partial charge in [-0.2, -0.15) is 8.42 Å². The molecule has 0 unspecified atom stereocenters. The summed E-state index contributed by atoms with van der Waals surface area (Å²) in [5, 5.41) is 0.814. The van der Waals surface area contributed by atoms with Crippen LogP contribution in [0.4, 0.5) is 0 Å². The second-order valence-corrected chi connectivity index (χ2v) is 6.58. The van der Waals surface area contributed by atoms with Crippen molar-refractivity contribution in [2.24, 2.45) is 0 Å². The van der Waals surface area contributed by atoms with Crippen LogP contribution in [0, 0.1) is 9.41 Å². The molecule has 0 aliphatic heterocycles. The summed E-state index contributed by atoms with van der Waals surface area (Å²) in [4.78, 5) is 2.92. The highest BCUT2D eigenvalue weighted by atomic mass is 32.2. The first-order chi connectivity index (χ1) is 9.44. The van der Waals surface area contributed by atoms with Crippen LogP contribution in [-0.4, -0.2) is 24.6 Å². The van der Waals surface area contributed by atoms with E-state index in [4.69, 9.17) is 28.6 Å². The number of nitrogens with one attached hydrogen (secondary N) is 1. The summed E-state index contributed by atoms with van der Waals surface area (Å²) in [5.74, 6) is 0. The summed E-state index contributed by atoms with van der Waals surface area (Å²) in [6.45, 7) is 4.19. The third kappa shape index (κ3) is 6.56. The minimum atomic E-state index is -3.53. The van der Waals surface area contributed by atoms with E-state index in [0.29, 0.717) is 15.8 Å². The van der Waals surface area contributed by atoms with Gasteiger partial charge in [-0.15, -0.1) is 0 Å². The van der Waals surface area contributed by atoms with Crippen molar-refractivity contribution in [2.45, 2.75) is 32.2 Å². The highest BCUT2D eigenvalue weighted by Gasteiger charge is 2.03. The van der Waals surface area contributed by atoms with Gasteiger partial charge in [0.2, 0.25) is 0 Å². The van der Waals surface area contributed by atoms with Gasteiger partial charge in [0.25, 0.3) is 10.1 Å². The van der Waals surface area contributed by atoms with Gasteiger partial charge in [0, 0.05) is 12.7 Å². The van der Waals surface area contributed by atoms with Crippen molar-refractivity contribution in [3.8, 4) is 0 Å². The number of hydrogen-bond acceptors (Lipinski definition) is 5. The molecule has 1 heterocycles. The lowest BCUT2D eigenvalue weighted by Gasteiger charge is -2.06. The first-order valence-corrected chi connectivity index (χ1v) is 8.55. The molecule has 1 rings (SSSR count). The van der Waals surface area contributed by atoms with E-state index in [9.17, 15) is 8.42 Å². The molecular weight excluding hydrogens is 316 g/mol. The molecule has 0 atom stereocenters. The van der Waals surface area contributed by atoms with Crippen LogP contribution in [0.2, 0.25) is 0 Å². The maximum atomic E-state index is 11.0. The van der Waals surface area contributed by atoms with Crippen molar-refractivity contribution >= 4 is 34.6 Å². The van der Waals surface area contributed by atoms with Gasteiger partial charge in [0.05, 0.1) is 12.0 Å². The van der Waals surface area contributed by atoms with Crippen molar-refractivity contribution in [2.75, 3.05) is 6.61 Å². The minimum Gasteiger partial charge on any atom is -0.325 e. The van der Waals surface area contributed by atoms with E-state index >= 15 is 0 Å². The van der Waals surface area contributed by atoms with Crippen LogP contribution in [0.3, 0.4) is 0 Å². The second kappa shape index (κ2) is 8.46. The zero-order valence-corrected chi connectivity index (χ0v) is 13.5. The first kappa shape index (κ1) is 17.2. The zero-order valence-electron chi connectivity index (χ0n) is 11.1. The molecule has 0 aliphatic rings. The SMILES string of the molecule is C=CS(=O)(=O)OCCCCCCn1ccc(=S)[nH]c1=S.